The summed E-state index contributed by atoms with van der Waals surface area (Å²) in [4.78, 5) is 35.9. The zero-order chi connectivity index (χ0) is 24.1. The molecule has 0 radical (unpaired) electrons. The maximum atomic E-state index is 12.2. The fourth-order valence-corrected chi connectivity index (χ4v) is 3.64. The van der Waals surface area contributed by atoms with Crippen molar-refractivity contribution in [1.82, 2.24) is 0 Å². The van der Waals surface area contributed by atoms with E-state index < -0.39 is 23.9 Å². The van der Waals surface area contributed by atoms with E-state index in [1.165, 1.54) is 12.1 Å². The number of hydrogen-bond donors (Lipinski definition) is 3. The van der Waals surface area contributed by atoms with Crippen molar-refractivity contribution in [3.8, 4) is 22.3 Å². The molecule has 1 atom stereocenters. The molecule has 7 heteroatoms. The first kappa shape index (κ1) is 23.7. The largest absolute Gasteiger partial charge is 0.478 e. The van der Waals surface area contributed by atoms with E-state index >= 15 is 0 Å². The molecule has 170 valence electrons. The van der Waals surface area contributed by atoms with Crippen molar-refractivity contribution >= 4 is 17.9 Å². The van der Waals surface area contributed by atoms with Crippen LogP contribution in [0.5, 0.6) is 0 Å². The quantitative estimate of drug-likeness (QED) is 0.441. The van der Waals surface area contributed by atoms with Crippen molar-refractivity contribution in [2.45, 2.75) is 32.4 Å². The van der Waals surface area contributed by atoms with Gasteiger partial charge in [-0.15, -0.1) is 0 Å². The van der Waals surface area contributed by atoms with Gasteiger partial charge in [-0.1, -0.05) is 54.6 Å². The van der Waals surface area contributed by atoms with E-state index in [-0.39, 0.29) is 23.7 Å². The summed E-state index contributed by atoms with van der Waals surface area (Å²) in [6.45, 7) is 3.47. The van der Waals surface area contributed by atoms with Crippen LogP contribution < -0.4 is 5.73 Å². The molecule has 3 rings (SSSR count). The fourth-order valence-electron chi connectivity index (χ4n) is 3.64. The number of carbonyl (C=O) groups is 3. The Morgan fingerprint density at radius 3 is 1.82 bits per heavy atom. The highest BCUT2D eigenvalue weighted by molar-refractivity contribution is 6.02. The van der Waals surface area contributed by atoms with Gasteiger partial charge >= 0.3 is 17.9 Å². The van der Waals surface area contributed by atoms with Crippen molar-refractivity contribution in [3.05, 3.63) is 83.4 Å². The van der Waals surface area contributed by atoms with Gasteiger partial charge in [0.15, 0.2) is 0 Å². The van der Waals surface area contributed by atoms with Crippen LogP contribution in [0, 0.1) is 0 Å². The van der Waals surface area contributed by atoms with Gasteiger partial charge in [-0.2, -0.15) is 0 Å². The number of hydrogen-bond acceptors (Lipinski definition) is 5. The van der Waals surface area contributed by atoms with Gasteiger partial charge in [-0.05, 0) is 60.2 Å². The van der Waals surface area contributed by atoms with Gasteiger partial charge < -0.3 is 20.7 Å². The molecule has 0 unspecified atom stereocenters. The zero-order valence-electron chi connectivity index (χ0n) is 18.3. The molecule has 7 nitrogen and oxygen atoms in total. The lowest BCUT2D eigenvalue weighted by Gasteiger charge is -2.18. The van der Waals surface area contributed by atoms with E-state index in [4.69, 9.17) is 10.5 Å². The summed E-state index contributed by atoms with van der Waals surface area (Å²) in [5, 5.41) is 19.4. The molecular formula is C26H25NO6. The number of carboxylic acid groups (broad SMARTS) is 2. The van der Waals surface area contributed by atoms with Crippen molar-refractivity contribution in [1.29, 1.82) is 0 Å². The molecule has 3 aromatic carbocycles. The Labute approximate surface area is 191 Å². The predicted molar refractivity (Wildman–Crippen MR) is 124 cm³/mol. The van der Waals surface area contributed by atoms with Crippen LogP contribution >= 0.6 is 0 Å². The van der Waals surface area contributed by atoms with E-state index in [0.29, 0.717) is 27.8 Å². The number of esters is 1. The lowest BCUT2D eigenvalue weighted by molar-refractivity contribution is -0.148. The van der Waals surface area contributed by atoms with Crippen LogP contribution in [0.2, 0.25) is 0 Å². The molecule has 0 saturated heterocycles. The summed E-state index contributed by atoms with van der Waals surface area (Å²) >= 11 is 0. The molecule has 0 aliphatic rings. The van der Waals surface area contributed by atoms with Gasteiger partial charge in [0.05, 0.1) is 17.2 Å². The molecule has 0 bridgehead atoms. The zero-order valence-corrected chi connectivity index (χ0v) is 18.3. The van der Waals surface area contributed by atoms with Crippen LogP contribution in [0.1, 0.15) is 40.1 Å². The highest BCUT2D eigenvalue weighted by atomic mass is 16.5. The first-order valence-electron chi connectivity index (χ1n) is 10.4. The first-order valence-corrected chi connectivity index (χ1v) is 10.4. The van der Waals surface area contributed by atoms with Gasteiger partial charge in [0.1, 0.15) is 6.04 Å². The van der Waals surface area contributed by atoms with Gasteiger partial charge in [-0.3, -0.25) is 4.79 Å². The Kier molecular flexibility index (Phi) is 7.25. The smallest absolute Gasteiger partial charge is 0.336 e. The Hall–Kier alpha value is -3.97. The second kappa shape index (κ2) is 10.1. The maximum Gasteiger partial charge on any atom is 0.336 e. The molecule has 0 heterocycles. The summed E-state index contributed by atoms with van der Waals surface area (Å²) in [6, 6.07) is 17.4. The van der Waals surface area contributed by atoms with Crippen molar-refractivity contribution < 1.29 is 29.3 Å². The Balaban J connectivity index is 2.17. The number of aromatic carboxylic acids is 2. The minimum Gasteiger partial charge on any atom is -0.478 e. The molecule has 0 aliphatic carbocycles. The normalized spacial score (nSPS) is 11.8. The number of benzene rings is 3. The molecule has 0 aromatic heterocycles. The topological polar surface area (TPSA) is 127 Å². The fraction of sp³-hybridized carbons (Fsp3) is 0.192. The third-order valence-corrected chi connectivity index (χ3v) is 5.09. The van der Waals surface area contributed by atoms with Gasteiger partial charge in [0, 0.05) is 0 Å². The standard InChI is InChI=1S/C26H25NO6/c1-15(2)33-26(32)23(27)14-16-11-12-19(17-7-3-5-9-20(17)24(28)29)22(13-16)18-8-4-6-10-21(18)25(30)31/h3-13,15,23H,14,27H2,1-2H3,(H,28,29)(H,30,31)/t23-/m0/s1. The summed E-state index contributed by atoms with van der Waals surface area (Å²) in [5.74, 6) is -2.73. The van der Waals surface area contributed by atoms with Crippen LogP contribution in [0.25, 0.3) is 22.3 Å². The molecular weight excluding hydrogens is 422 g/mol. The number of nitrogens with two attached hydrogens (primary N) is 1. The molecule has 0 spiro atoms. The van der Waals surface area contributed by atoms with Gasteiger partial charge in [0.2, 0.25) is 0 Å². The van der Waals surface area contributed by atoms with E-state index in [2.05, 4.69) is 0 Å². The molecule has 0 aliphatic heterocycles. The first-order chi connectivity index (χ1) is 15.7. The molecule has 4 N–H and O–H groups in total. The summed E-state index contributed by atoms with van der Waals surface area (Å²) in [6.07, 6.45) is -0.120. The third-order valence-electron chi connectivity index (χ3n) is 5.09. The van der Waals surface area contributed by atoms with E-state index in [1.54, 1.807) is 68.4 Å². The van der Waals surface area contributed by atoms with E-state index in [9.17, 15) is 24.6 Å². The Bertz CT molecular complexity index is 1200. The third kappa shape index (κ3) is 5.45. The number of ether oxygens (including phenoxy) is 1. The monoisotopic (exact) mass is 447 g/mol. The van der Waals surface area contributed by atoms with Crippen LogP contribution in [0.3, 0.4) is 0 Å². The van der Waals surface area contributed by atoms with Crippen LogP contribution in [0.4, 0.5) is 0 Å². The number of carboxylic acids is 2. The average molecular weight is 447 g/mol. The van der Waals surface area contributed by atoms with Crippen molar-refractivity contribution in [2.24, 2.45) is 5.73 Å². The molecule has 3 aromatic rings. The second-order valence-corrected chi connectivity index (χ2v) is 7.88. The highest BCUT2D eigenvalue weighted by Crippen LogP contribution is 2.37. The Morgan fingerprint density at radius 1 is 0.788 bits per heavy atom. The SMILES string of the molecule is CC(C)OC(=O)[C@@H](N)Cc1ccc(-c2ccccc2C(=O)O)c(-c2ccccc2C(=O)O)c1. The van der Waals surface area contributed by atoms with Crippen LogP contribution in [-0.2, 0) is 16.0 Å². The van der Waals surface area contributed by atoms with Crippen molar-refractivity contribution in [3.63, 3.8) is 0 Å². The van der Waals surface area contributed by atoms with E-state index in [1.807, 2.05) is 0 Å². The second-order valence-electron chi connectivity index (χ2n) is 7.88. The van der Waals surface area contributed by atoms with E-state index in [0.717, 1.165) is 0 Å². The highest BCUT2D eigenvalue weighted by Gasteiger charge is 2.21. The molecule has 33 heavy (non-hydrogen) atoms. The Morgan fingerprint density at radius 2 is 1.30 bits per heavy atom. The molecule has 0 amide bonds. The average Bonchev–Trinajstić information content (AvgIpc) is 2.78. The summed E-state index contributed by atoms with van der Waals surface area (Å²) in [5.41, 5.74) is 8.87. The summed E-state index contributed by atoms with van der Waals surface area (Å²) < 4.78 is 5.18. The summed E-state index contributed by atoms with van der Waals surface area (Å²) in [7, 11) is 0. The molecule has 0 saturated carbocycles. The predicted octanol–water partition coefficient (Wildman–Crippen LogP) is 4.24. The molecule has 0 fully saturated rings. The van der Waals surface area contributed by atoms with Gasteiger partial charge in [-0.25, -0.2) is 9.59 Å². The maximum absolute atomic E-state index is 12.2. The number of rotatable bonds is 8. The lowest BCUT2D eigenvalue weighted by Crippen LogP contribution is -2.35. The van der Waals surface area contributed by atoms with Crippen molar-refractivity contribution in [2.75, 3.05) is 0 Å². The number of carbonyl (C=O) groups excluding carboxylic acids is 1. The lowest BCUT2D eigenvalue weighted by atomic mass is 9.87. The van der Waals surface area contributed by atoms with Crippen LogP contribution in [0.15, 0.2) is 66.7 Å². The minimum atomic E-state index is -1.11. The van der Waals surface area contributed by atoms with Gasteiger partial charge in [0.25, 0.3) is 0 Å². The minimum absolute atomic E-state index is 0.0761. The van der Waals surface area contributed by atoms with Crippen LogP contribution in [-0.4, -0.2) is 40.3 Å².